The fourth-order valence-corrected chi connectivity index (χ4v) is 3.01. The molecule has 0 bridgehead atoms. The van der Waals surface area contributed by atoms with Crippen molar-refractivity contribution in [3.8, 4) is 5.75 Å². The molecule has 1 aromatic rings. The normalized spacial score (nSPS) is 16.0. The molecule has 160 valence electrons. The first-order chi connectivity index (χ1) is 13.7. The topological polar surface area (TPSA) is 84.9 Å². The Kier molecular flexibility index (Phi) is 8.37. The molecule has 0 saturated heterocycles. The molecule has 1 atom stereocenters. The Morgan fingerprint density at radius 3 is 2.76 bits per heavy atom. The standard InChI is InChI=1S/C19H25BF3NO5/c1-2-3-4-5-11-28-18(26)14-8-6-7-13-12-15(20(27)29-17(13)14)24-16(25)9-10-19(21,22)23/h6-8,15,27H,2-5,9-12H2,1H3,(H,24,25)/t15-/m0/s1. The number of carbonyl (C=O) groups is 2. The van der Waals surface area contributed by atoms with Gasteiger partial charge < -0.3 is 19.7 Å². The predicted octanol–water partition coefficient (Wildman–Crippen LogP) is 3.21. The highest BCUT2D eigenvalue weighted by Crippen LogP contribution is 2.31. The van der Waals surface area contributed by atoms with Crippen molar-refractivity contribution >= 4 is 19.0 Å². The van der Waals surface area contributed by atoms with Crippen LogP contribution in [0.4, 0.5) is 13.2 Å². The molecule has 0 aliphatic carbocycles. The molecule has 1 aliphatic heterocycles. The molecule has 0 spiro atoms. The molecule has 0 unspecified atom stereocenters. The molecule has 6 nitrogen and oxygen atoms in total. The summed E-state index contributed by atoms with van der Waals surface area (Å²) >= 11 is 0. The number of nitrogens with one attached hydrogen (secondary N) is 1. The van der Waals surface area contributed by atoms with Crippen molar-refractivity contribution in [2.75, 3.05) is 6.61 Å². The minimum atomic E-state index is -4.43. The SMILES string of the molecule is CCCCCCOC(=O)c1cccc2c1OB(O)[C@@H](NC(=O)CCC(F)(F)F)C2. The second kappa shape index (κ2) is 10.5. The summed E-state index contributed by atoms with van der Waals surface area (Å²) in [4.78, 5) is 24.1. The Labute approximate surface area is 167 Å². The average molecular weight is 415 g/mol. The van der Waals surface area contributed by atoms with Crippen LogP contribution in [0.15, 0.2) is 18.2 Å². The number of fused-ring (bicyclic) bond motifs is 1. The van der Waals surface area contributed by atoms with Gasteiger partial charge in [0, 0.05) is 6.42 Å². The average Bonchev–Trinajstić information content (AvgIpc) is 2.65. The van der Waals surface area contributed by atoms with Crippen LogP contribution in [0.25, 0.3) is 0 Å². The summed E-state index contributed by atoms with van der Waals surface area (Å²) in [6.07, 6.45) is -2.45. The minimum absolute atomic E-state index is 0.117. The fourth-order valence-electron chi connectivity index (χ4n) is 3.01. The van der Waals surface area contributed by atoms with E-state index in [4.69, 9.17) is 9.39 Å². The van der Waals surface area contributed by atoms with Gasteiger partial charge in [0.1, 0.15) is 11.3 Å². The van der Waals surface area contributed by atoms with Crippen molar-refractivity contribution in [2.45, 2.75) is 64.0 Å². The van der Waals surface area contributed by atoms with Crippen molar-refractivity contribution in [1.29, 1.82) is 0 Å². The van der Waals surface area contributed by atoms with Gasteiger partial charge in [-0.15, -0.1) is 0 Å². The van der Waals surface area contributed by atoms with Gasteiger partial charge in [0.25, 0.3) is 0 Å². The van der Waals surface area contributed by atoms with Gasteiger partial charge in [0.15, 0.2) is 0 Å². The molecule has 29 heavy (non-hydrogen) atoms. The number of benzene rings is 1. The summed E-state index contributed by atoms with van der Waals surface area (Å²) in [6.45, 7) is 2.36. The van der Waals surface area contributed by atoms with E-state index in [9.17, 15) is 27.8 Å². The van der Waals surface area contributed by atoms with E-state index in [0.717, 1.165) is 25.7 Å². The largest absolute Gasteiger partial charge is 0.547 e. The Hall–Kier alpha value is -2.23. The molecule has 1 amide bonds. The van der Waals surface area contributed by atoms with E-state index in [1.165, 1.54) is 6.07 Å². The number of ether oxygens (including phenoxy) is 1. The first-order valence-corrected chi connectivity index (χ1v) is 9.71. The zero-order valence-corrected chi connectivity index (χ0v) is 16.3. The molecule has 1 aliphatic rings. The third-order valence-corrected chi connectivity index (χ3v) is 4.55. The van der Waals surface area contributed by atoms with Gasteiger partial charge in [-0.05, 0) is 24.5 Å². The Bertz CT molecular complexity index is 714. The number of alkyl halides is 3. The minimum Gasteiger partial charge on any atom is -0.534 e. The number of amides is 1. The number of carbonyl (C=O) groups excluding carboxylic acids is 2. The first-order valence-electron chi connectivity index (χ1n) is 9.71. The summed E-state index contributed by atoms with van der Waals surface area (Å²) in [5, 5.41) is 12.5. The monoisotopic (exact) mass is 415 g/mol. The van der Waals surface area contributed by atoms with Gasteiger partial charge in [0.05, 0.1) is 19.0 Å². The van der Waals surface area contributed by atoms with Gasteiger partial charge in [-0.1, -0.05) is 38.3 Å². The number of halogens is 3. The summed E-state index contributed by atoms with van der Waals surface area (Å²) < 4.78 is 47.4. The summed E-state index contributed by atoms with van der Waals surface area (Å²) in [5.41, 5.74) is 0.718. The van der Waals surface area contributed by atoms with Crippen molar-refractivity contribution in [3.63, 3.8) is 0 Å². The van der Waals surface area contributed by atoms with E-state index >= 15 is 0 Å². The molecule has 1 heterocycles. The van der Waals surface area contributed by atoms with Crippen LogP contribution in [0.5, 0.6) is 5.75 Å². The van der Waals surface area contributed by atoms with Crippen LogP contribution in [-0.2, 0) is 16.0 Å². The quantitative estimate of drug-likeness (QED) is 0.368. The van der Waals surface area contributed by atoms with Crippen LogP contribution in [-0.4, -0.2) is 42.7 Å². The molecule has 2 rings (SSSR count). The molecule has 1 aromatic carbocycles. The molecule has 0 radical (unpaired) electrons. The summed E-state index contributed by atoms with van der Waals surface area (Å²) in [5.74, 6) is -2.15. The number of para-hydroxylation sites is 1. The van der Waals surface area contributed by atoms with Crippen molar-refractivity contribution in [3.05, 3.63) is 29.3 Å². The number of hydrogen-bond donors (Lipinski definition) is 2. The summed E-state index contributed by atoms with van der Waals surface area (Å²) in [7, 11) is -1.49. The smallest absolute Gasteiger partial charge is 0.534 e. The van der Waals surface area contributed by atoms with Gasteiger partial charge in [-0.2, -0.15) is 13.2 Å². The lowest BCUT2D eigenvalue weighted by Crippen LogP contribution is -2.53. The highest BCUT2D eigenvalue weighted by molar-refractivity contribution is 6.47. The molecular formula is C19H25BF3NO5. The van der Waals surface area contributed by atoms with Gasteiger partial charge in [0.2, 0.25) is 5.91 Å². The molecule has 0 saturated carbocycles. The van der Waals surface area contributed by atoms with E-state index in [-0.39, 0.29) is 24.3 Å². The Morgan fingerprint density at radius 1 is 1.31 bits per heavy atom. The van der Waals surface area contributed by atoms with Crippen LogP contribution in [0.3, 0.4) is 0 Å². The maximum atomic E-state index is 12.3. The molecule has 2 N–H and O–H groups in total. The van der Waals surface area contributed by atoms with E-state index in [2.05, 4.69) is 12.2 Å². The third kappa shape index (κ3) is 7.27. The molecule has 0 fully saturated rings. The van der Waals surface area contributed by atoms with Crippen LogP contribution in [0, 0.1) is 0 Å². The fraction of sp³-hybridized carbons (Fsp3) is 0.579. The number of unbranched alkanes of at least 4 members (excludes halogenated alkanes) is 3. The van der Waals surface area contributed by atoms with Crippen LogP contribution >= 0.6 is 0 Å². The van der Waals surface area contributed by atoms with Gasteiger partial charge in [-0.25, -0.2) is 4.79 Å². The highest BCUT2D eigenvalue weighted by Gasteiger charge is 2.38. The van der Waals surface area contributed by atoms with E-state index in [0.29, 0.717) is 5.56 Å². The highest BCUT2D eigenvalue weighted by atomic mass is 19.4. The lowest BCUT2D eigenvalue weighted by molar-refractivity contribution is -0.144. The van der Waals surface area contributed by atoms with Crippen molar-refractivity contribution in [2.24, 2.45) is 0 Å². The first kappa shape index (κ1) is 23.1. The van der Waals surface area contributed by atoms with E-state index in [1.807, 2.05) is 0 Å². The molecular weight excluding hydrogens is 390 g/mol. The Balaban J connectivity index is 1.97. The van der Waals surface area contributed by atoms with E-state index in [1.54, 1.807) is 12.1 Å². The number of rotatable bonds is 9. The van der Waals surface area contributed by atoms with E-state index < -0.39 is 44.0 Å². The van der Waals surface area contributed by atoms with Gasteiger partial charge >= 0.3 is 19.3 Å². The molecule has 10 heteroatoms. The van der Waals surface area contributed by atoms with Crippen LogP contribution in [0.2, 0.25) is 0 Å². The lowest BCUT2D eigenvalue weighted by atomic mass is 9.72. The zero-order chi connectivity index (χ0) is 21.4. The summed E-state index contributed by atoms with van der Waals surface area (Å²) in [6, 6.07) is 4.80. The van der Waals surface area contributed by atoms with Crippen molar-refractivity contribution < 1.29 is 37.2 Å². The maximum Gasteiger partial charge on any atom is 0.547 e. The second-order valence-electron chi connectivity index (χ2n) is 6.99. The van der Waals surface area contributed by atoms with Crippen LogP contribution < -0.4 is 9.97 Å². The number of hydrogen-bond acceptors (Lipinski definition) is 5. The third-order valence-electron chi connectivity index (χ3n) is 4.55. The molecule has 0 aromatic heterocycles. The van der Waals surface area contributed by atoms with Crippen molar-refractivity contribution in [1.82, 2.24) is 5.32 Å². The zero-order valence-electron chi connectivity index (χ0n) is 16.3. The lowest BCUT2D eigenvalue weighted by Gasteiger charge is -2.29. The predicted molar refractivity (Wildman–Crippen MR) is 100 cm³/mol. The number of esters is 1. The Morgan fingerprint density at radius 2 is 2.07 bits per heavy atom. The second-order valence-corrected chi connectivity index (χ2v) is 6.99. The van der Waals surface area contributed by atoms with Gasteiger partial charge in [-0.3, -0.25) is 4.79 Å². The maximum absolute atomic E-state index is 12.3. The van der Waals surface area contributed by atoms with Crippen LogP contribution in [0.1, 0.15) is 61.4 Å².